The molecule has 0 saturated carbocycles. The van der Waals surface area contributed by atoms with E-state index in [1.54, 1.807) is 12.1 Å². The third-order valence-electron chi connectivity index (χ3n) is 4.76. The molecule has 3 rings (SSSR count). The maximum Gasteiger partial charge on any atom is 0.253 e. The van der Waals surface area contributed by atoms with Crippen molar-refractivity contribution >= 4 is 21.8 Å². The Morgan fingerprint density at radius 1 is 1.08 bits per heavy atom. The standard InChI is InChI=1S/C18H23N3O4S/c1-2-17(22)19-15-12-21(13-15)26(24,25)16-8-6-14(7-9-16)18(23)20-10-4-3-5-11-20/h2,6-9,15H,1,3-5,10-13H2,(H,19,22). The molecule has 0 aromatic heterocycles. The highest BCUT2D eigenvalue weighted by Crippen LogP contribution is 2.22. The second-order valence-electron chi connectivity index (χ2n) is 6.61. The summed E-state index contributed by atoms with van der Waals surface area (Å²) >= 11 is 0. The van der Waals surface area contributed by atoms with Crippen molar-refractivity contribution in [2.75, 3.05) is 26.2 Å². The van der Waals surface area contributed by atoms with E-state index in [4.69, 9.17) is 0 Å². The maximum absolute atomic E-state index is 12.6. The lowest BCUT2D eigenvalue weighted by Crippen LogP contribution is -2.60. The molecule has 2 fully saturated rings. The van der Waals surface area contributed by atoms with Gasteiger partial charge in [0.1, 0.15) is 0 Å². The molecule has 0 aliphatic carbocycles. The fraction of sp³-hybridized carbons (Fsp3) is 0.444. The van der Waals surface area contributed by atoms with Crippen molar-refractivity contribution in [3.8, 4) is 0 Å². The summed E-state index contributed by atoms with van der Waals surface area (Å²) in [6.45, 7) is 5.34. The highest BCUT2D eigenvalue weighted by atomic mass is 32.2. The summed E-state index contributed by atoms with van der Waals surface area (Å²) < 4.78 is 26.5. The van der Waals surface area contributed by atoms with Crippen LogP contribution < -0.4 is 5.32 Å². The predicted octanol–water partition coefficient (Wildman–Crippen LogP) is 0.988. The number of amides is 2. The normalized spacial score (nSPS) is 18.8. The Kier molecular flexibility index (Phi) is 5.43. The Hall–Kier alpha value is -2.19. The zero-order valence-corrected chi connectivity index (χ0v) is 15.4. The Balaban J connectivity index is 1.63. The van der Waals surface area contributed by atoms with Gasteiger partial charge in [0.25, 0.3) is 5.91 Å². The summed E-state index contributed by atoms with van der Waals surface area (Å²) in [5, 5.41) is 2.67. The number of piperidine rings is 1. The molecule has 2 aliphatic rings. The number of rotatable bonds is 5. The quantitative estimate of drug-likeness (QED) is 0.775. The molecule has 2 amide bonds. The summed E-state index contributed by atoms with van der Waals surface area (Å²) in [4.78, 5) is 25.7. The number of carbonyl (C=O) groups excluding carboxylic acids is 2. The topological polar surface area (TPSA) is 86.8 Å². The summed E-state index contributed by atoms with van der Waals surface area (Å²) in [5.74, 6) is -0.363. The van der Waals surface area contributed by atoms with Crippen LogP contribution in [0.25, 0.3) is 0 Å². The van der Waals surface area contributed by atoms with Crippen molar-refractivity contribution in [1.29, 1.82) is 0 Å². The molecule has 1 aromatic carbocycles. The van der Waals surface area contributed by atoms with Crippen molar-refractivity contribution in [2.24, 2.45) is 0 Å². The van der Waals surface area contributed by atoms with Gasteiger partial charge >= 0.3 is 0 Å². The zero-order chi connectivity index (χ0) is 18.7. The number of sulfonamides is 1. The second-order valence-corrected chi connectivity index (χ2v) is 8.55. The van der Waals surface area contributed by atoms with Crippen LogP contribution in [0.1, 0.15) is 29.6 Å². The molecule has 2 heterocycles. The summed E-state index contributed by atoms with van der Waals surface area (Å²) in [5.41, 5.74) is 0.505. The van der Waals surface area contributed by atoms with Crippen LogP contribution in [0.3, 0.4) is 0 Å². The Morgan fingerprint density at radius 3 is 2.27 bits per heavy atom. The van der Waals surface area contributed by atoms with Gasteiger partial charge in [-0.2, -0.15) is 4.31 Å². The van der Waals surface area contributed by atoms with Gasteiger partial charge in [0, 0.05) is 31.7 Å². The molecule has 8 heteroatoms. The van der Waals surface area contributed by atoms with Gasteiger partial charge in [0.2, 0.25) is 15.9 Å². The van der Waals surface area contributed by atoms with E-state index in [1.807, 2.05) is 4.90 Å². The molecular formula is C18H23N3O4S. The van der Waals surface area contributed by atoms with Gasteiger partial charge in [-0.1, -0.05) is 6.58 Å². The van der Waals surface area contributed by atoms with Gasteiger partial charge in [-0.05, 0) is 49.6 Å². The Morgan fingerprint density at radius 2 is 1.69 bits per heavy atom. The number of carbonyl (C=O) groups is 2. The van der Waals surface area contributed by atoms with Crippen LogP contribution in [0.4, 0.5) is 0 Å². The first kappa shape index (κ1) is 18.6. The van der Waals surface area contributed by atoms with Crippen molar-refractivity contribution in [3.63, 3.8) is 0 Å². The number of benzene rings is 1. The molecule has 7 nitrogen and oxygen atoms in total. The molecule has 2 saturated heterocycles. The van der Waals surface area contributed by atoms with Crippen LogP contribution in [-0.4, -0.2) is 61.7 Å². The second kappa shape index (κ2) is 7.59. The number of hydrogen-bond acceptors (Lipinski definition) is 4. The van der Waals surface area contributed by atoms with Crippen molar-refractivity contribution in [2.45, 2.75) is 30.2 Å². The van der Waals surface area contributed by atoms with E-state index in [1.165, 1.54) is 16.4 Å². The van der Waals surface area contributed by atoms with Crippen molar-refractivity contribution in [1.82, 2.24) is 14.5 Å². The van der Waals surface area contributed by atoms with E-state index in [-0.39, 0.29) is 35.8 Å². The van der Waals surface area contributed by atoms with Crippen LogP contribution >= 0.6 is 0 Å². The summed E-state index contributed by atoms with van der Waals surface area (Å²) in [7, 11) is -3.61. The minimum Gasteiger partial charge on any atom is -0.347 e. The SMILES string of the molecule is C=CC(=O)NC1CN(S(=O)(=O)c2ccc(C(=O)N3CCCCC3)cc2)C1. The lowest BCUT2D eigenvalue weighted by molar-refractivity contribution is -0.117. The largest absolute Gasteiger partial charge is 0.347 e. The number of likely N-dealkylation sites (tertiary alicyclic amines) is 1. The molecular weight excluding hydrogens is 354 g/mol. The van der Waals surface area contributed by atoms with Gasteiger partial charge in [-0.15, -0.1) is 0 Å². The van der Waals surface area contributed by atoms with E-state index >= 15 is 0 Å². The summed E-state index contributed by atoms with van der Waals surface area (Å²) in [6.07, 6.45) is 4.33. The monoisotopic (exact) mass is 377 g/mol. The first-order chi connectivity index (χ1) is 12.4. The van der Waals surface area contributed by atoms with Crippen molar-refractivity contribution in [3.05, 3.63) is 42.5 Å². The molecule has 0 unspecified atom stereocenters. The smallest absolute Gasteiger partial charge is 0.253 e. The van der Waals surface area contributed by atoms with E-state index in [9.17, 15) is 18.0 Å². The molecule has 0 atom stereocenters. The van der Waals surface area contributed by atoms with E-state index < -0.39 is 10.0 Å². The fourth-order valence-electron chi connectivity index (χ4n) is 3.18. The molecule has 2 aliphatic heterocycles. The first-order valence-corrected chi connectivity index (χ1v) is 10.2. The van der Waals surface area contributed by atoms with Gasteiger partial charge < -0.3 is 10.2 Å². The molecule has 1 aromatic rings. The zero-order valence-electron chi connectivity index (χ0n) is 14.6. The van der Waals surface area contributed by atoms with E-state index in [0.29, 0.717) is 5.56 Å². The highest BCUT2D eigenvalue weighted by molar-refractivity contribution is 7.89. The Labute approximate surface area is 153 Å². The van der Waals surface area contributed by atoms with Crippen molar-refractivity contribution < 1.29 is 18.0 Å². The van der Waals surface area contributed by atoms with E-state index in [2.05, 4.69) is 11.9 Å². The van der Waals surface area contributed by atoms with Gasteiger partial charge in [0.05, 0.1) is 10.9 Å². The predicted molar refractivity (Wildman–Crippen MR) is 97.1 cm³/mol. The van der Waals surface area contributed by atoms with Gasteiger partial charge in [-0.25, -0.2) is 8.42 Å². The molecule has 1 N–H and O–H groups in total. The van der Waals surface area contributed by atoms with E-state index in [0.717, 1.165) is 38.4 Å². The van der Waals surface area contributed by atoms with Crippen LogP contribution in [0.2, 0.25) is 0 Å². The minimum absolute atomic E-state index is 0.0511. The Bertz CT molecular complexity index is 792. The molecule has 26 heavy (non-hydrogen) atoms. The lowest BCUT2D eigenvalue weighted by Gasteiger charge is -2.38. The summed E-state index contributed by atoms with van der Waals surface area (Å²) in [6, 6.07) is 5.89. The highest BCUT2D eigenvalue weighted by Gasteiger charge is 2.37. The maximum atomic E-state index is 12.6. The van der Waals surface area contributed by atoms with Gasteiger partial charge in [-0.3, -0.25) is 9.59 Å². The lowest BCUT2D eigenvalue weighted by atomic mass is 10.1. The third kappa shape index (κ3) is 3.81. The van der Waals surface area contributed by atoms with Crippen LogP contribution in [0.5, 0.6) is 0 Å². The number of hydrogen-bond donors (Lipinski definition) is 1. The van der Waals surface area contributed by atoms with Gasteiger partial charge in [0.15, 0.2) is 0 Å². The average Bonchev–Trinajstić information content (AvgIpc) is 2.64. The molecule has 140 valence electrons. The molecule has 0 spiro atoms. The third-order valence-corrected chi connectivity index (χ3v) is 6.61. The van der Waals surface area contributed by atoms with Crippen LogP contribution in [-0.2, 0) is 14.8 Å². The van der Waals surface area contributed by atoms with Crippen LogP contribution in [0, 0.1) is 0 Å². The minimum atomic E-state index is -3.61. The molecule has 0 radical (unpaired) electrons. The molecule has 0 bridgehead atoms. The number of nitrogens with one attached hydrogen (secondary N) is 1. The number of nitrogens with zero attached hydrogens (tertiary/aromatic N) is 2. The van der Waals surface area contributed by atoms with Crippen LogP contribution in [0.15, 0.2) is 41.8 Å². The first-order valence-electron chi connectivity index (χ1n) is 8.74. The average molecular weight is 377 g/mol. The fourth-order valence-corrected chi connectivity index (χ4v) is 4.71.